The molecule has 1 aromatic rings. The molecule has 0 fully saturated rings. The third-order valence-electron chi connectivity index (χ3n) is 3.91. The van der Waals surface area contributed by atoms with Crippen molar-refractivity contribution in [3.8, 4) is 11.5 Å². The highest BCUT2D eigenvalue weighted by Crippen LogP contribution is 2.41. The molecule has 1 aliphatic rings. The summed E-state index contributed by atoms with van der Waals surface area (Å²) >= 11 is 0. The van der Waals surface area contributed by atoms with Crippen LogP contribution in [-0.4, -0.2) is 39.3 Å². The number of likely N-dealkylation sites (N-methyl/N-ethyl adjacent to an activating group) is 1. The summed E-state index contributed by atoms with van der Waals surface area (Å²) in [5, 5.41) is 28.3. The summed E-state index contributed by atoms with van der Waals surface area (Å²) in [4.78, 5) is 13.0. The normalized spacial score (nSPS) is 22.5. The number of hydrogen-bond donors (Lipinski definition) is 3. The monoisotopic (exact) mass is 251 g/mol. The number of fused-ring (bicyclic) bond motifs is 1. The fourth-order valence-corrected chi connectivity index (χ4v) is 2.54. The average molecular weight is 251 g/mol. The minimum absolute atomic E-state index is 0.177. The molecule has 5 heteroatoms. The topological polar surface area (TPSA) is 81.0 Å². The van der Waals surface area contributed by atoms with E-state index in [2.05, 4.69) is 0 Å². The Hall–Kier alpha value is -1.75. The number of carboxylic acids is 1. The first-order valence-electron chi connectivity index (χ1n) is 5.76. The van der Waals surface area contributed by atoms with Gasteiger partial charge < -0.3 is 15.3 Å². The van der Waals surface area contributed by atoms with E-state index in [1.165, 1.54) is 12.1 Å². The number of phenols is 2. The van der Waals surface area contributed by atoms with Gasteiger partial charge in [-0.1, -0.05) is 0 Å². The van der Waals surface area contributed by atoms with Gasteiger partial charge in [-0.15, -0.1) is 0 Å². The molecule has 0 bridgehead atoms. The predicted octanol–water partition coefficient (Wildman–Crippen LogP) is 1.27. The summed E-state index contributed by atoms with van der Waals surface area (Å²) in [6, 6.07) is 2.34. The molecule has 1 heterocycles. The second-order valence-corrected chi connectivity index (χ2v) is 5.23. The lowest BCUT2D eigenvalue weighted by atomic mass is 9.80. The molecule has 18 heavy (non-hydrogen) atoms. The summed E-state index contributed by atoms with van der Waals surface area (Å²) in [5.74, 6) is -1.27. The van der Waals surface area contributed by atoms with E-state index in [-0.39, 0.29) is 11.5 Å². The maximum Gasteiger partial charge on any atom is 0.321 e. The van der Waals surface area contributed by atoms with E-state index in [0.717, 1.165) is 11.1 Å². The standard InChI is InChI=1S/C13H17NO4/c1-13(2)8-6-11(16)10(15)5-7(8)4-9(12(17)18)14(13)3/h5-6,9,15-16H,4H2,1-3H3,(H,17,18)/t9-/m0/s1. The molecule has 98 valence electrons. The minimum atomic E-state index is -0.885. The van der Waals surface area contributed by atoms with E-state index < -0.39 is 17.6 Å². The molecule has 1 atom stereocenters. The molecule has 2 rings (SSSR count). The summed E-state index contributed by atoms with van der Waals surface area (Å²) in [6.07, 6.45) is 0.318. The van der Waals surface area contributed by atoms with Crippen LogP contribution in [0, 0.1) is 0 Å². The van der Waals surface area contributed by atoms with Crippen molar-refractivity contribution in [2.45, 2.75) is 31.8 Å². The molecule has 0 spiro atoms. The third kappa shape index (κ3) is 1.71. The van der Waals surface area contributed by atoms with Crippen molar-refractivity contribution in [2.75, 3.05) is 7.05 Å². The molecule has 0 saturated heterocycles. The van der Waals surface area contributed by atoms with E-state index in [1.54, 1.807) is 11.9 Å². The number of carboxylic acid groups (broad SMARTS) is 1. The van der Waals surface area contributed by atoms with Gasteiger partial charge in [-0.3, -0.25) is 9.69 Å². The van der Waals surface area contributed by atoms with Crippen LogP contribution in [0.15, 0.2) is 12.1 Å². The quantitative estimate of drug-likeness (QED) is 0.655. The number of hydrogen-bond acceptors (Lipinski definition) is 4. The van der Waals surface area contributed by atoms with E-state index >= 15 is 0 Å². The summed E-state index contributed by atoms with van der Waals surface area (Å²) in [6.45, 7) is 3.80. The molecule has 0 amide bonds. The first-order valence-corrected chi connectivity index (χ1v) is 5.76. The van der Waals surface area contributed by atoms with Crippen LogP contribution in [0.5, 0.6) is 11.5 Å². The average Bonchev–Trinajstić information content (AvgIpc) is 2.26. The van der Waals surface area contributed by atoms with Crippen LogP contribution >= 0.6 is 0 Å². The van der Waals surface area contributed by atoms with Crippen LogP contribution in [0.3, 0.4) is 0 Å². The maximum absolute atomic E-state index is 11.3. The molecule has 0 saturated carbocycles. The number of phenolic OH excluding ortho intramolecular Hbond substituents is 2. The fraction of sp³-hybridized carbons (Fsp3) is 0.462. The van der Waals surface area contributed by atoms with Crippen molar-refractivity contribution in [1.82, 2.24) is 4.90 Å². The van der Waals surface area contributed by atoms with E-state index in [1.807, 2.05) is 13.8 Å². The van der Waals surface area contributed by atoms with Gasteiger partial charge in [-0.2, -0.15) is 0 Å². The first kappa shape index (κ1) is 12.7. The summed E-state index contributed by atoms with van der Waals surface area (Å²) in [7, 11) is 1.76. The second kappa shape index (κ2) is 3.88. The molecule has 0 radical (unpaired) electrons. The van der Waals surface area contributed by atoms with Crippen molar-refractivity contribution in [1.29, 1.82) is 0 Å². The lowest BCUT2D eigenvalue weighted by Gasteiger charge is -2.45. The van der Waals surface area contributed by atoms with Gasteiger partial charge in [0.2, 0.25) is 0 Å². The maximum atomic E-state index is 11.3. The van der Waals surface area contributed by atoms with E-state index in [4.69, 9.17) is 0 Å². The zero-order chi connectivity index (χ0) is 13.7. The highest BCUT2D eigenvalue weighted by molar-refractivity contribution is 5.75. The molecule has 5 nitrogen and oxygen atoms in total. The van der Waals surface area contributed by atoms with Crippen LogP contribution in [0.25, 0.3) is 0 Å². The Labute approximate surface area is 105 Å². The molecular formula is C13H17NO4. The minimum Gasteiger partial charge on any atom is -0.504 e. The Bertz CT molecular complexity index is 510. The molecule has 1 aromatic carbocycles. The number of carbonyl (C=O) groups is 1. The summed E-state index contributed by atoms with van der Waals surface area (Å²) in [5.41, 5.74) is 1.10. The first-order chi connectivity index (χ1) is 8.25. The predicted molar refractivity (Wildman–Crippen MR) is 65.7 cm³/mol. The van der Waals surface area contributed by atoms with Crippen molar-refractivity contribution >= 4 is 5.97 Å². The number of aromatic hydroxyl groups is 2. The van der Waals surface area contributed by atoms with Gasteiger partial charge in [-0.25, -0.2) is 0 Å². The molecule has 0 unspecified atom stereocenters. The van der Waals surface area contributed by atoms with Gasteiger partial charge in [0.1, 0.15) is 6.04 Å². The molecule has 1 aliphatic heterocycles. The van der Waals surface area contributed by atoms with Crippen molar-refractivity contribution < 1.29 is 20.1 Å². The fourth-order valence-electron chi connectivity index (χ4n) is 2.54. The van der Waals surface area contributed by atoms with Crippen molar-refractivity contribution in [2.24, 2.45) is 0 Å². The van der Waals surface area contributed by atoms with Gasteiger partial charge in [0.25, 0.3) is 0 Å². The largest absolute Gasteiger partial charge is 0.504 e. The molecule has 0 aliphatic carbocycles. The van der Waals surface area contributed by atoms with Crippen LogP contribution < -0.4 is 0 Å². The molecular weight excluding hydrogens is 234 g/mol. The lowest BCUT2D eigenvalue weighted by Crippen LogP contribution is -2.53. The highest BCUT2D eigenvalue weighted by Gasteiger charge is 2.41. The molecule has 0 aromatic heterocycles. The van der Waals surface area contributed by atoms with Gasteiger partial charge in [-0.05, 0) is 50.6 Å². The number of rotatable bonds is 1. The van der Waals surface area contributed by atoms with Crippen LogP contribution in [0.1, 0.15) is 25.0 Å². The second-order valence-electron chi connectivity index (χ2n) is 5.23. The van der Waals surface area contributed by atoms with Gasteiger partial charge in [0.15, 0.2) is 11.5 Å². The van der Waals surface area contributed by atoms with Crippen molar-refractivity contribution in [3.05, 3.63) is 23.3 Å². The summed E-state index contributed by atoms with van der Waals surface area (Å²) < 4.78 is 0. The zero-order valence-electron chi connectivity index (χ0n) is 10.6. The van der Waals surface area contributed by atoms with Crippen molar-refractivity contribution in [3.63, 3.8) is 0 Å². The van der Waals surface area contributed by atoms with Gasteiger partial charge >= 0.3 is 5.97 Å². The van der Waals surface area contributed by atoms with Gasteiger partial charge in [0.05, 0.1) is 0 Å². The van der Waals surface area contributed by atoms with E-state index in [9.17, 15) is 20.1 Å². The molecule has 3 N–H and O–H groups in total. The van der Waals surface area contributed by atoms with Crippen LogP contribution in [0.4, 0.5) is 0 Å². The Kier molecular flexibility index (Phi) is 2.74. The van der Waals surface area contributed by atoms with Crippen LogP contribution in [0.2, 0.25) is 0 Å². The van der Waals surface area contributed by atoms with E-state index in [0.29, 0.717) is 6.42 Å². The number of nitrogens with zero attached hydrogens (tertiary/aromatic N) is 1. The Morgan fingerprint density at radius 1 is 1.33 bits per heavy atom. The Morgan fingerprint density at radius 2 is 1.89 bits per heavy atom. The zero-order valence-corrected chi connectivity index (χ0v) is 10.6. The Morgan fingerprint density at radius 3 is 2.44 bits per heavy atom. The Balaban J connectivity index is 2.60. The SMILES string of the molecule is CN1[C@H](C(=O)O)Cc2cc(O)c(O)cc2C1(C)C. The lowest BCUT2D eigenvalue weighted by molar-refractivity contribution is -0.145. The third-order valence-corrected chi connectivity index (χ3v) is 3.91. The van der Waals surface area contributed by atoms with Crippen LogP contribution in [-0.2, 0) is 16.8 Å². The number of benzene rings is 1. The van der Waals surface area contributed by atoms with Gasteiger partial charge in [0, 0.05) is 5.54 Å². The highest BCUT2D eigenvalue weighted by atomic mass is 16.4. The number of aliphatic carboxylic acids is 1. The smallest absolute Gasteiger partial charge is 0.321 e.